The average Bonchev–Trinajstić information content (AvgIpc) is 3.20. The molecule has 332 valence electrons. The van der Waals surface area contributed by atoms with Crippen LogP contribution >= 0.6 is 0 Å². The molecule has 1 heterocycles. The highest BCUT2D eigenvalue weighted by molar-refractivity contribution is 5.72. The average molecular weight is 793 g/mol. The van der Waals surface area contributed by atoms with Gasteiger partial charge in [-0.05, 0) is 57.8 Å². The fourth-order valence-corrected chi connectivity index (χ4v) is 8.65. The van der Waals surface area contributed by atoms with Crippen LogP contribution in [0.15, 0.2) is 0 Å². The zero-order valence-electron chi connectivity index (χ0n) is 37.9. The molecule has 0 aliphatic carbocycles. The van der Waals surface area contributed by atoms with Crippen molar-refractivity contribution in [1.82, 2.24) is 10.2 Å². The van der Waals surface area contributed by atoms with E-state index in [2.05, 4.69) is 37.9 Å². The number of unbranched alkanes of at least 4 members (excludes halogenated alkanes) is 20. The number of nitrogens with one attached hydrogen (secondary N) is 1. The molecule has 0 amide bonds. The van der Waals surface area contributed by atoms with Crippen molar-refractivity contribution in [1.29, 1.82) is 0 Å². The first-order valence-corrected chi connectivity index (χ1v) is 24.9. The summed E-state index contributed by atoms with van der Waals surface area (Å²) >= 11 is 0. The Morgan fingerprint density at radius 3 is 1.14 bits per heavy atom. The highest BCUT2D eigenvalue weighted by Gasteiger charge is 2.27. The van der Waals surface area contributed by atoms with Crippen molar-refractivity contribution in [3.05, 3.63) is 0 Å². The van der Waals surface area contributed by atoms with Crippen molar-refractivity contribution >= 4 is 11.9 Å². The van der Waals surface area contributed by atoms with Crippen LogP contribution in [0.5, 0.6) is 0 Å². The molecule has 1 aliphatic rings. The van der Waals surface area contributed by atoms with Gasteiger partial charge < -0.3 is 24.8 Å². The van der Waals surface area contributed by atoms with Gasteiger partial charge in [-0.1, -0.05) is 182 Å². The minimum absolute atomic E-state index is 0.0295. The first-order chi connectivity index (χ1) is 27.5. The molecule has 0 spiro atoms. The van der Waals surface area contributed by atoms with E-state index in [4.69, 9.17) is 9.47 Å². The number of aliphatic hydroxyl groups is 1. The summed E-state index contributed by atoms with van der Waals surface area (Å²) in [6.07, 6.45) is 38.4. The maximum Gasteiger partial charge on any atom is 0.308 e. The second kappa shape index (κ2) is 39.3. The van der Waals surface area contributed by atoms with Crippen molar-refractivity contribution in [2.45, 2.75) is 252 Å². The van der Waals surface area contributed by atoms with Gasteiger partial charge in [-0.2, -0.15) is 0 Å². The molecule has 7 nitrogen and oxygen atoms in total. The lowest BCUT2D eigenvalue weighted by molar-refractivity contribution is -0.150. The van der Waals surface area contributed by atoms with E-state index in [0.717, 1.165) is 103 Å². The summed E-state index contributed by atoms with van der Waals surface area (Å²) in [5, 5.41) is 13.4. The number of hydrogen-bond acceptors (Lipinski definition) is 7. The largest absolute Gasteiger partial charge is 0.465 e. The smallest absolute Gasteiger partial charge is 0.308 e. The Bertz CT molecular complexity index is 775. The molecule has 1 fully saturated rings. The van der Waals surface area contributed by atoms with Gasteiger partial charge in [0.15, 0.2) is 0 Å². The number of rotatable bonds is 41. The zero-order chi connectivity index (χ0) is 40.7. The molecule has 1 aliphatic heterocycles. The number of piperazine rings is 1. The number of nitrogens with zero attached hydrogens (tertiary/aromatic N) is 1. The normalized spacial score (nSPS) is 16.3. The standard InChI is InChI=1S/C49H96N2O5/c1-5-9-13-17-21-25-32-44(33-26-22-18-14-10-6-2)48(53)55-40-29-36-46-42-51(38-31-39-52)43-47(50-46)37-30-41-56-49(54)45(34-27-23-19-15-11-7-3)35-28-24-20-16-12-8-4/h44-47,50,52H,5-43H2,1-4H3. The molecule has 2 atom stereocenters. The third kappa shape index (κ3) is 29.9. The van der Waals surface area contributed by atoms with Gasteiger partial charge in [0.2, 0.25) is 0 Å². The van der Waals surface area contributed by atoms with Crippen LogP contribution in [0, 0.1) is 11.8 Å². The van der Waals surface area contributed by atoms with E-state index in [9.17, 15) is 14.7 Å². The summed E-state index contributed by atoms with van der Waals surface area (Å²) in [6, 6.07) is 0.657. The van der Waals surface area contributed by atoms with E-state index < -0.39 is 0 Å². The fraction of sp³-hybridized carbons (Fsp3) is 0.959. The van der Waals surface area contributed by atoms with E-state index in [1.54, 1.807) is 0 Å². The van der Waals surface area contributed by atoms with Crippen molar-refractivity contribution in [2.24, 2.45) is 11.8 Å². The van der Waals surface area contributed by atoms with Crippen molar-refractivity contribution in [2.75, 3.05) is 39.5 Å². The monoisotopic (exact) mass is 793 g/mol. The number of aliphatic hydroxyl groups excluding tert-OH is 1. The topological polar surface area (TPSA) is 88.1 Å². The van der Waals surface area contributed by atoms with Crippen LogP contribution in [0.2, 0.25) is 0 Å². The zero-order valence-corrected chi connectivity index (χ0v) is 37.9. The van der Waals surface area contributed by atoms with Gasteiger partial charge in [0.05, 0.1) is 25.0 Å². The molecule has 1 rings (SSSR count). The van der Waals surface area contributed by atoms with Gasteiger partial charge in [0.25, 0.3) is 0 Å². The highest BCUT2D eigenvalue weighted by Crippen LogP contribution is 2.23. The van der Waals surface area contributed by atoms with Crippen LogP contribution in [0.3, 0.4) is 0 Å². The van der Waals surface area contributed by atoms with Gasteiger partial charge >= 0.3 is 11.9 Å². The lowest BCUT2D eigenvalue weighted by atomic mass is 9.94. The Kier molecular flexibility index (Phi) is 37.1. The van der Waals surface area contributed by atoms with Crippen LogP contribution < -0.4 is 5.32 Å². The lowest BCUT2D eigenvalue weighted by Gasteiger charge is -2.39. The van der Waals surface area contributed by atoms with Gasteiger partial charge in [-0.25, -0.2) is 0 Å². The lowest BCUT2D eigenvalue weighted by Crippen LogP contribution is -2.56. The summed E-state index contributed by atoms with van der Waals surface area (Å²) in [5.41, 5.74) is 0. The summed E-state index contributed by atoms with van der Waals surface area (Å²) in [7, 11) is 0. The molecular weight excluding hydrogens is 697 g/mol. The van der Waals surface area contributed by atoms with E-state index in [0.29, 0.717) is 25.3 Å². The first kappa shape index (κ1) is 52.8. The predicted molar refractivity (Wildman–Crippen MR) is 238 cm³/mol. The van der Waals surface area contributed by atoms with Crippen LogP contribution in [0.4, 0.5) is 0 Å². The Balaban J connectivity index is 2.56. The van der Waals surface area contributed by atoms with Crippen LogP contribution in [0.1, 0.15) is 240 Å². The molecule has 0 aromatic heterocycles. The fourth-order valence-electron chi connectivity index (χ4n) is 8.65. The van der Waals surface area contributed by atoms with E-state index in [1.165, 1.54) is 128 Å². The van der Waals surface area contributed by atoms with Crippen LogP contribution in [-0.4, -0.2) is 73.5 Å². The van der Waals surface area contributed by atoms with Gasteiger partial charge in [0, 0.05) is 38.3 Å². The molecule has 56 heavy (non-hydrogen) atoms. The second-order valence-corrected chi connectivity index (χ2v) is 17.6. The molecule has 0 bridgehead atoms. The Morgan fingerprint density at radius 2 is 0.821 bits per heavy atom. The molecule has 7 heteroatoms. The van der Waals surface area contributed by atoms with Crippen LogP contribution in [0.25, 0.3) is 0 Å². The predicted octanol–water partition coefficient (Wildman–Crippen LogP) is 12.9. The Morgan fingerprint density at radius 1 is 0.500 bits per heavy atom. The number of hydrogen-bond donors (Lipinski definition) is 2. The van der Waals surface area contributed by atoms with Gasteiger partial charge in [-0.3, -0.25) is 9.59 Å². The molecule has 1 saturated heterocycles. The second-order valence-electron chi connectivity index (χ2n) is 17.6. The third-order valence-corrected chi connectivity index (χ3v) is 12.2. The molecule has 2 unspecified atom stereocenters. The van der Waals surface area contributed by atoms with Crippen molar-refractivity contribution in [3.8, 4) is 0 Å². The molecule has 0 radical (unpaired) electrons. The minimum Gasteiger partial charge on any atom is -0.465 e. The van der Waals surface area contributed by atoms with Crippen LogP contribution in [-0.2, 0) is 19.1 Å². The minimum atomic E-state index is 0.0295. The number of carbonyl (C=O) groups is 2. The highest BCUT2D eigenvalue weighted by atomic mass is 16.5. The third-order valence-electron chi connectivity index (χ3n) is 12.2. The number of ether oxygens (including phenoxy) is 2. The van der Waals surface area contributed by atoms with E-state index in [1.807, 2.05) is 0 Å². The molecule has 0 aromatic rings. The first-order valence-electron chi connectivity index (χ1n) is 24.9. The number of carbonyl (C=O) groups excluding carboxylic acids is 2. The maximum absolute atomic E-state index is 13.3. The van der Waals surface area contributed by atoms with Crippen molar-refractivity contribution in [3.63, 3.8) is 0 Å². The van der Waals surface area contributed by atoms with Gasteiger partial charge in [-0.15, -0.1) is 0 Å². The van der Waals surface area contributed by atoms with E-state index >= 15 is 0 Å². The molecule has 0 aromatic carbocycles. The SMILES string of the molecule is CCCCCCCCC(CCCCCCCC)C(=O)OCCCC1CN(CCCO)CC(CCCOC(=O)C(CCCCCCCC)CCCCCCCC)N1. The Hall–Kier alpha value is -1.18. The molecular formula is C49H96N2O5. The molecule has 2 N–H and O–H groups in total. The summed E-state index contributed by atoms with van der Waals surface area (Å²) < 4.78 is 11.9. The maximum atomic E-state index is 13.3. The molecule has 0 saturated carbocycles. The Labute approximate surface area is 348 Å². The number of esters is 2. The summed E-state index contributed by atoms with van der Waals surface area (Å²) in [5.74, 6) is 0.159. The van der Waals surface area contributed by atoms with E-state index in [-0.39, 0.29) is 30.4 Å². The summed E-state index contributed by atoms with van der Waals surface area (Å²) in [6.45, 7) is 13.0. The quantitative estimate of drug-likeness (QED) is 0.0471. The van der Waals surface area contributed by atoms with Gasteiger partial charge in [0.1, 0.15) is 0 Å². The summed E-state index contributed by atoms with van der Waals surface area (Å²) in [4.78, 5) is 29.0. The van der Waals surface area contributed by atoms with Crippen molar-refractivity contribution < 1.29 is 24.2 Å².